The normalized spacial score (nSPS) is 35.2. The smallest absolute Gasteiger partial charge is 0.309 e. The zero-order valence-electron chi connectivity index (χ0n) is 43.8. The SMILES string of the molecule is CO[C@@H]1[C@@H](O[C@@H]2O[C@H](C)C(O[C@H]3C[C@@](C)(O)[C@@H](OC(=O)CC(C)C)[C@H](C)O3)[C@H](N(C)C)[C@H]2O)[C@@H](CCN(C)CC#Cc2cc(Cl)cc(Cl)c2)C[C@@H](C)[C@@H](N(C)C)/C=C/C[C@@H](C)OC(=O)C[C@H]1OC(C)=O. The van der Waals surface area contributed by atoms with E-state index in [0.29, 0.717) is 48.0 Å². The number of aliphatic hydroxyl groups excluding tert-OH is 1. The van der Waals surface area contributed by atoms with E-state index < -0.39 is 97.1 Å². The Hall–Kier alpha value is -2.89. The minimum absolute atomic E-state index is 0.0231. The average molecular weight is 1030 g/mol. The molecular formula is C52H81Cl2N3O13. The topological polar surface area (TPSA) is 175 Å². The van der Waals surface area contributed by atoms with E-state index >= 15 is 0 Å². The molecule has 70 heavy (non-hydrogen) atoms. The number of esters is 3. The average Bonchev–Trinajstić information content (AvgIpc) is 3.22. The number of aliphatic hydroxyl groups is 2. The first-order chi connectivity index (χ1) is 32.8. The van der Waals surface area contributed by atoms with Gasteiger partial charge in [-0.15, -0.1) is 0 Å². The van der Waals surface area contributed by atoms with Gasteiger partial charge in [-0.2, -0.15) is 0 Å². The van der Waals surface area contributed by atoms with Crippen molar-refractivity contribution in [3.05, 3.63) is 46.0 Å². The van der Waals surface area contributed by atoms with Gasteiger partial charge in [0, 0.05) is 54.9 Å². The number of rotatable bonds is 15. The quantitative estimate of drug-likeness (QED) is 0.0890. The summed E-state index contributed by atoms with van der Waals surface area (Å²) in [5.41, 5.74) is -0.798. The number of hydrogen-bond donors (Lipinski definition) is 2. The summed E-state index contributed by atoms with van der Waals surface area (Å²) in [7, 11) is 11.1. The molecule has 2 saturated heterocycles. The lowest BCUT2D eigenvalue weighted by atomic mass is 9.81. The fourth-order valence-electron chi connectivity index (χ4n) is 9.94. The molecule has 18 heteroatoms. The van der Waals surface area contributed by atoms with Crippen molar-refractivity contribution in [2.75, 3.05) is 55.4 Å². The number of methoxy groups -OCH3 is 1. The van der Waals surface area contributed by atoms with Gasteiger partial charge in [0.1, 0.15) is 36.1 Å². The summed E-state index contributed by atoms with van der Waals surface area (Å²) < 4.78 is 50.4. The lowest BCUT2D eigenvalue weighted by Crippen LogP contribution is -2.66. The summed E-state index contributed by atoms with van der Waals surface area (Å²) >= 11 is 12.5. The second kappa shape index (κ2) is 27.4. The molecule has 0 bridgehead atoms. The minimum Gasteiger partial charge on any atom is -0.462 e. The fourth-order valence-corrected chi connectivity index (χ4v) is 10.5. The van der Waals surface area contributed by atoms with Crippen LogP contribution < -0.4 is 0 Å². The predicted molar refractivity (Wildman–Crippen MR) is 267 cm³/mol. The number of ether oxygens (including phenoxy) is 8. The van der Waals surface area contributed by atoms with E-state index in [4.69, 9.17) is 61.1 Å². The highest BCUT2D eigenvalue weighted by atomic mass is 35.5. The van der Waals surface area contributed by atoms with Gasteiger partial charge in [0.05, 0.1) is 37.3 Å². The highest BCUT2D eigenvalue weighted by Gasteiger charge is 2.53. The van der Waals surface area contributed by atoms with Crippen molar-refractivity contribution in [1.29, 1.82) is 0 Å². The Kier molecular flexibility index (Phi) is 23.4. The van der Waals surface area contributed by atoms with Crippen LogP contribution in [0.2, 0.25) is 10.0 Å². The molecule has 4 rings (SSSR count). The third-order valence-electron chi connectivity index (χ3n) is 13.2. The molecule has 3 heterocycles. The van der Waals surface area contributed by atoms with Gasteiger partial charge in [-0.25, -0.2) is 0 Å². The first kappa shape index (κ1) is 59.7. The number of carbonyl (C=O) groups is 3. The summed E-state index contributed by atoms with van der Waals surface area (Å²) in [6.45, 7) is 15.2. The van der Waals surface area contributed by atoms with Crippen LogP contribution in [0.1, 0.15) is 99.5 Å². The largest absolute Gasteiger partial charge is 0.462 e. The van der Waals surface area contributed by atoms with Crippen molar-refractivity contribution >= 4 is 41.1 Å². The molecule has 3 aliphatic rings. The fraction of sp³-hybridized carbons (Fsp3) is 0.750. The molecule has 0 aliphatic carbocycles. The molecule has 0 spiro atoms. The first-order valence-electron chi connectivity index (χ1n) is 24.5. The van der Waals surface area contributed by atoms with Crippen molar-refractivity contribution in [3.8, 4) is 11.8 Å². The van der Waals surface area contributed by atoms with Crippen LogP contribution in [0.4, 0.5) is 0 Å². The molecule has 2 fully saturated rings. The molecule has 1 aromatic carbocycles. The maximum atomic E-state index is 13.6. The summed E-state index contributed by atoms with van der Waals surface area (Å²) in [5.74, 6) is 4.51. The molecule has 1 unspecified atom stereocenters. The van der Waals surface area contributed by atoms with E-state index in [0.717, 1.165) is 0 Å². The lowest BCUT2D eigenvalue weighted by molar-refractivity contribution is -0.344. The first-order valence-corrected chi connectivity index (χ1v) is 25.3. The Balaban J connectivity index is 1.73. The Bertz CT molecular complexity index is 1920. The molecule has 2 N–H and O–H groups in total. The van der Waals surface area contributed by atoms with Gasteiger partial charge in [0.2, 0.25) is 0 Å². The minimum atomic E-state index is -1.49. The van der Waals surface area contributed by atoms with Gasteiger partial charge < -0.3 is 57.9 Å². The van der Waals surface area contributed by atoms with Gasteiger partial charge in [-0.05, 0) is 118 Å². The highest BCUT2D eigenvalue weighted by Crippen LogP contribution is 2.38. The van der Waals surface area contributed by atoms with Gasteiger partial charge in [0.15, 0.2) is 18.7 Å². The van der Waals surface area contributed by atoms with Gasteiger partial charge >= 0.3 is 17.9 Å². The van der Waals surface area contributed by atoms with Crippen molar-refractivity contribution in [3.63, 3.8) is 0 Å². The molecule has 0 amide bonds. The molecular weight excluding hydrogens is 945 g/mol. The van der Waals surface area contributed by atoms with Crippen molar-refractivity contribution < 1.29 is 62.5 Å². The van der Waals surface area contributed by atoms with E-state index in [1.165, 1.54) is 14.0 Å². The van der Waals surface area contributed by atoms with Crippen LogP contribution in [0.25, 0.3) is 0 Å². The number of cyclic esters (lactones) is 1. The Labute approximate surface area is 426 Å². The lowest BCUT2D eigenvalue weighted by Gasteiger charge is -2.50. The maximum absolute atomic E-state index is 13.6. The zero-order chi connectivity index (χ0) is 52.2. The molecule has 396 valence electrons. The van der Waals surface area contributed by atoms with E-state index in [1.54, 1.807) is 32.0 Å². The third kappa shape index (κ3) is 17.7. The third-order valence-corrected chi connectivity index (χ3v) is 13.7. The predicted octanol–water partition coefficient (Wildman–Crippen LogP) is 6.12. The number of halogens is 2. The molecule has 0 radical (unpaired) electrons. The molecule has 0 saturated carbocycles. The van der Waals surface area contributed by atoms with Crippen LogP contribution in [-0.4, -0.2) is 183 Å². The van der Waals surface area contributed by atoms with E-state index in [-0.39, 0.29) is 43.1 Å². The number of likely N-dealkylation sites (N-methyl/N-ethyl adjacent to an activating group) is 2. The Morgan fingerprint density at radius 1 is 0.943 bits per heavy atom. The molecule has 16 nitrogen and oxygen atoms in total. The second-order valence-corrected chi connectivity index (χ2v) is 21.5. The van der Waals surface area contributed by atoms with Crippen LogP contribution in [-0.2, 0) is 52.3 Å². The molecule has 16 atom stereocenters. The molecule has 3 aliphatic heterocycles. The number of carbonyl (C=O) groups excluding carboxylic acids is 3. The van der Waals surface area contributed by atoms with Gasteiger partial charge in [-0.3, -0.25) is 19.3 Å². The Morgan fingerprint density at radius 2 is 1.61 bits per heavy atom. The molecule has 1 aromatic rings. The molecule has 0 aromatic heterocycles. The number of hydrogen-bond acceptors (Lipinski definition) is 16. The highest BCUT2D eigenvalue weighted by molar-refractivity contribution is 6.34. The van der Waals surface area contributed by atoms with Gasteiger partial charge in [-0.1, -0.05) is 68.0 Å². The van der Waals surface area contributed by atoms with Crippen molar-refractivity contribution in [2.24, 2.45) is 17.8 Å². The van der Waals surface area contributed by atoms with E-state index in [9.17, 15) is 24.6 Å². The van der Waals surface area contributed by atoms with Crippen LogP contribution in [0.15, 0.2) is 30.4 Å². The van der Waals surface area contributed by atoms with Crippen LogP contribution in [0.5, 0.6) is 0 Å². The zero-order valence-corrected chi connectivity index (χ0v) is 45.3. The van der Waals surface area contributed by atoms with Crippen molar-refractivity contribution in [1.82, 2.24) is 14.7 Å². The van der Waals surface area contributed by atoms with E-state index in [2.05, 4.69) is 34.6 Å². The summed E-state index contributed by atoms with van der Waals surface area (Å²) in [6.07, 6.45) is -4.68. The van der Waals surface area contributed by atoms with Crippen LogP contribution in [0, 0.1) is 29.6 Å². The second-order valence-electron chi connectivity index (χ2n) is 20.6. The summed E-state index contributed by atoms with van der Waals surface area (Å²) in [4.78, 5) is 45.2. The summed E-state index contributed by atoms with van der Waals surface area (Å²) in [5, 5.41) is 25.1. The van der Waals surface area contributed by atoms with Crippen molar-refractivity contribution in [2.45, 2.75) is 179 Å². The van der Waals surface area contributed by atoms with Gasteiger partial charge in [0.25, 0.3) is 0 Å². The van der Waals surface area contributed by atoms with Crippen LogP contribution in [0.3, 0.4) is 0 Å². The van der Waals surface area contributed by atoms with Crippen LogP contribution >= 0.6 is 23.2 Å². The summed E-state index contributed by atoms with van der Waals surface area (Å²) in [6, 6.07) is 4.40. The number of nitrogens with zero attached hydrogens (tertiary/aromatic N) is 3. The monoisotopic (exact) mass is 1030 g/mol. The standard InChI is InChI=1S/C52H81Cl2N3O13/c1-30(2)23-42(59)68-50-34(6)65-44(29-52(50,8)62)69-47-33(5)66-51(46(61)45(47)56(11)12)70-48-37(20-22-57(13)21-16-18-36-25-38(53)27-39(54)26-36)24-31(3)40(55(9)10)19-15-17-32(4)64-43(60)28-41(49(48)63-14)67-35(7)58/h15,19,25-27,30-34,37,40-41,44-51,61-62H,17,20-24,28-29H2,1-14H3/b19-15+/t31-,32-,33-,34+,37+,40+,41-,44+,45-,46-,47?,48+,49+,50+,51+,52-/m1/s1. The number of benzene rings is 1. The maximum Gasteiger partial charge on any atom is 0.309 e. The van der Waals surface area contributed by atoms with E-state index in [1.807, 2.05) is 73.9 Å². The Morgan fingerprint density at radius 3 is 2.20 bits per heavy atom.